The highest BCUT2D eigenvalue weighted by atomic mass is 19.4. The molecular weight excluding hydrogens is 431 g/mol. The molecule has 6 nitrogen and oxygen atoms in total. The molecular formula is C24H30F3N5O. The Labute approximate surface area is 192 Å². The van der Waals surface area contributed by atoms with Crippen LogP contribution in [0, 0.1) is 5.92 Å². The molecule has 3 rings (SSSR count). The third-order valence-electron chi connectivity index (χ3n) is 5.42. The first-order chi connectivity index (χ1) is 15.5. The maximum absolute atomic E-state index is 12.8. The van der Waals surface area contributed by atoms with E-state index in [0.717, 1.165) is 50.1 Å². The van der Waals surface area contributed by atoms with Gasteiger partial charge in [-0.3, -0.25) is 10.1 Å². The van der Waals surface area contributed by atoms with E-state index in [0.29, 0.717) is 11.9 Å². The zero-order chi connectivity index (χ0) is 24.1. The lowest BCUT2D eigenvalue weighted by atomic mass is 9.84. The first-order valence-corrected chi connectivity index (χ1v) is 11.1. The molecule has 0 radical (unpaired) electrons. The Morgan fingerprint density at radius 2 is 1.64 bits per heavy atom. The number of rotatable bonds is 4. The van der Waals surface area contributed by atoms with Crippen LogP contribution >= 0.6 is 0 Å². The number of carbonyl (C=O) groups is 1. The van der Waals surface area contributed by atoms with E-state index in [1.54, 1.807) is 18.5 Å². The number of amides is 1. The molecule has 0 atom stereocenters. The molecule has 1 aliphatic rings. The second-order valence-corrected chi connectivity index (χ2v) is 9.43. The number of aliphatic imine (C=N–C) groups is 1. The molecule has 0 saturated heterocycles. The zero-order valence-corrected chi connectivity index (χ0v) is 19.1. The van der Waals surface area contributed by atoms with Crippen molar-refractivity contribution < 1.29 is 18.0 Å². The van der Waals surface area contributed by atoms with Crippen molar-refractivity contribution in [1.82, 2.24) is 20.6 Å². The van der Waals surface area contributed by atoms with Crippen LogP contribution in [0.1, 0.15) is 68.2 Å². The normalized spacial score (nSPS) is 19.8. The van der Waals surface area contributed by atoms with E-state index in [1.165, 1.54) is 12.1 Å². The van der Waals surface area contributed by atoms with E-state index >= 15 is 0 Å². The second-order valence-electron chi connectivity index (χ2n) is 9.43. The van der Waals surface area contributed by atoms with Crippen LogP contribution in [-0.4, -0.2) is 33.4 Å². The maximum Gasteiger partial charge on any atom is 0.416 e. The van der Waals surface area contributed by atoms with Crippen LogP contribution in [0.25, 0.3) is 0 Å². The van der Waals surface area contributed by atoms with Gasteiger partial charge in [0.2, 0.25) is 0 Å². The quantitative estimate of drug-likeness (QED) is 0.508. The van der Waals surface area contributed by atoms with Crippen LogP contribution < -0.4 is 10.6 Å². The van der Waals surface area contributed by atoms with Crippen molar-refractivity contribution in [2.75, 3.05) is 0 Å². The van der Waals surface area contributed by atoms with Gasteiger partial charge in [-0.25, -0.2) is 15.0 Å². The van der Waals surface area contributed by atoms with Crippen LogP contribution in [-0.2, 0) is 12.6 Å². The average molecular weight is 462 g/mol. The summed E-state index contributed by atoms with van der Waals surface area (Å²) >= 11 is 0. The highest BCUT2D eigenvalue weighted by molar-refractivity contribution is 6.05. The number of benzene rings is 1. The molecule has 0 bridgehead atoms. The summed E-state index contributed by atoms with van der Waals surface area (Å²) < 4.78 is 38.4. The van der Waals surface area contributed by atoms with Crippen molar-refractivity contribution in [2.24, 2.45) is 10.9 Å². The van der Waals surface area contributed by atoms with Crippen LogP contribution in [0.5, 0.6) is 0 Å². The SMILES string of the molecule is CC(C)(C)NC(=NC1CCC(Cc2ncccn2)CC1)NC(=O)c1ccc(C(F)(F)F)cc1. The van der Waals surface area contributed by atoms with Gasteiger partial charge in [-0.05, 0) is 82.7 Å². The highest BCUT2D eigenvalue weighted by Gasteiger charge is 2.30. The summed E-state index contributed by atoms with van der Waals surface area (Å²) in [6, 6.07) is 6.00. The maximum atomic E-state index is 12.8. The van der Waals surface area contributed by atoms with Gasteiger partial charge in [0.15, 0.2) is 5.96 Å². The van der Waals surface area contributed by atoms with E-state index in [2.05, 4.69) is 20.6 Å². The molecule has 1 fully saturated rings. The van der Waals surface area contributed by atoms with Gasteiger partial charge in [0.05, 0.1) is 11.6 Å². The minimum absolute atomic E-state index is 0.0516. The van der Waals surface area contributed by atoms with Crippen molar-refractivity contribution in [2.45, 2.75) is 70.6 Å². The Balaban J connectivity index is 1.64. The smallest absolute Gasteiger partial charge is 0.351 e. The molecule has 178 valence electrons. The predicted molar refractivity (Wildman–Crippen MR) is 121 cm³/mol. The fourth-order valence-electron chi connectivity index (χ4n) is 3.80. The minimum Gasteiger partial charge on any atom is -0.351 e. The van der Waals surface area contributed by atoms with Gasteiger partial charge in [-0.2, -0.15) is 13.2 Å². The molecule has 33 heavy (non-hydrogen) atoms. The van der Waals surface area contributed by atoms with Crippen molar-refractivity contribution in [3.63, 3.8) is 0 Å². The fraction of sp³-hybridized carbons (Fsp3) is 0.500. The number of carbonyl (C=O) groups excluding carboxylic acids is 1. The van der Waals surface area contributed by atoms with E-state index in [4.69, 9.17) is 4.99 Å². The lowest BCUT2D eigenvalue weighted by molar-refractivity contribution is -0.137. The fourth-order valence-corrected chi connectivity index (χ4v) is 3.80. The number of guanidine groups is 1. The van der Waals surface area contributed by atoms with Gasteiger partial charge >= 0.3 is 6.18 Å². The summed E-state index contributed by atoms with van der Waals surface area (Å²) in [5.41, 5.74) is -1.01. The number of halogens is 3. The van der Waals surface area contributed by atoms with Gasteiger partial charge in [-0.15, -0.1) is 0 Å². The number of nitrogens with one attached hydrogen (secondary N) is 2. The average Bonchev–Trinajstić information content (AvgIpc) is 2.74. The molecule has 1 heterocycles. The summed E-state index contributed by atoms with van der Waals surface area (Å²) in [5, 5.41) is 5.95. The molecule has 1 saturated carbocycles. The molecule has 0 aliphatic heterocycles. The monoisotopic (exact) mass is 461 g/mol. The molecule has 2 aromatic rings. The molecule has 1 aromatic carbocycles. The zero-order valence-electron chi connectivity index (χ0n) is 19.1. The Hall–Kier alpha value is -2.97. The minimum atomic E-state index is -4.44. The molecule has 0 spiro atoms. The first-order valence-electron chi connectivity index (χ1n) is 11.1. The van der Waals surface area contributed by atoms with Gasteiger partial charge in [0, 0.05) is 29.9 Å². The summed E-state index contributed by atoms with van der Waals surface area (Å²) in [6.45, 7) is 5.84. The Morgan fingerprint density at radius 1 is 1.03 bits per heavy atom. The number of aromatic nitrogens is 2. The largest absolute Gasteiger partial charge is 0.416 e. The topological polar surface area (TPSA) is 79.3 Å². The number of alkyl halides is 3. The molecule has 1 amide bonds. The Bertz CT molecular complexity index is 945. The standard InChI is InChI=1S/C24H30F3N5O/c1-23(2,3)32-22(31-21(33)17-7-9-18(10-8-17)24(25,26)27)30-19-11-5-16(6-12-19)15-20-28-13-4-14-29-20/h4,7-10,13-14,16,19H,5-6,11-12,15H2,1-3H3,(H2,30,31,32,33). The van der Waals surface area contributed by atoms with Crippen LogP contribution in [0.4, 0.5) is 13.2 Å². The summed E-state index contributed by atoms with van der Waals surface area (Å²) in [4.78, 5) is 26.0. The van der Waals surface area contributed by atoms with Crippen LogP contribution in [0.3, 0.4) is 0 Å². The highest BCUT2D eigenvalue weighted by Crippen LogP contribution is 2.29. The van der Waals surface area contributed by atoms with Gasteiger partial charge in [-0.1, -0.05) is 0 Å². The number of hydrogen-bond acceptors (Lipinski definition) is 4. The van der Waals surface area contributed by atoms with Crippen LogP contribution in [0.2, 0.25) is 0 Å². The van der Waals surface area contributed by atoms with E-state index in [9.17, 15) is 18.0 Å². The Morgan fingerprint density at radius 3 is 2.18 bits per heavy atom. The number of nitrogens with zero attached hydrogens (tertiary/aromatic N) is 3. The van der Waals surface area contributed by atoms with Gasteiger partial charge in [0.25, 0.3) is 5.91 Å². The number of hydrogen-bond donors (Lipinski definition) is 2. The van der Waals surface area contributed by atoms with Crippen molar-refractivity contribution >= 4 is 11.9 Å². The van der Waals surface area contributed by atoms with Crippen LogP contribution in [0.15, 0.2) is 47.7 Å². The summed E-state index contributed by atoms with van der Waals surface area (Å²) in [5.74, 6) is 1.18. The van der Waals surface area contributed by atoms with Crippen molar-refractivity contribution in [3.8, 4) is 0 Å². The summed E-state index contributed by atoms with van der Waals surface area (Å²) in [7, 11) is 0. The third-order valence-corrected chi connectivity index (χ3v) is 5.42. The lowest BCUT2D eigenvalue weighted by Gasteiger charge is -2.28. The van der Waals surface area contributed by atoms with Gasteiger partial charge < -0.3 is 5.32 Å². The van der Waals surface area contributed by atoms with E-state index in [1.807, 2.05) is 20.8 Å². The molecule has 1 aliphatic carbocycles. The van der Waals surface area contributed by atoms with E-state index in [-0.39, 0.29) is 17.1 Å². The lowest BCUT2D eigenvalue weighted by Crippen LogP contribution is -2.50. The molecule has 9 heteroatoms. The predicted octanol–water partition coefficient (Wildman–Crippen LogP) is 4.77. The van der Waals surface area contributed by atoms with E-state index < -0.39 is 17.6 Å². The summed E-state index contributed by atoms with van der Waals surface area (Å²) in [6.07, 6.45) is 3.64. The Kier molecular flexibility index (Phi) is 7.71. The third kappa shape index (κ3) is 7.83. The first kappa shape index (κ1) is 24.7. The van der Waals surface area contributed by atoms with Crippen molar-refractivity contribution in [3.05, 3.63) is 59.7 Å². The van der Waals surface area contributed by atoms with Gasteiger partial charge in [0.1, 0.15) is 5.82 Å². The molecule has 1 aromatic heterocycles. The molecule has 0 unspecified atom stereocenters. The second kappa shape index (κ2) is 10.3. The van der Waals surface area contributed by atoms with Crippen molar-refractivity contribution in [1.29, 1.82) is 0 Å². The molecule has 2 N–H and O–H groups in total.